The lowest BCUT2D eigenvalue weighted by molar-refractivity contribution is 0.479. The first kappa shape index (κ1) is 11.2. The Morgan fingerprint density at radius 1 is 1.47 bits per heavy atom. The molecule has 1 aromatic carbocycles. The van der Waals surface area contributed by atoms with E-state index in [0.29, 0.717) is 17.1 Å². The van der Waals surface area contributed by atoms with Crippen LogP contribution >= 0.6 is 0 Å². The molecule has 0 unspecified atom stereocenters. The predicted molar refractivity (Wildman–Crippen MR) is 63.9 cm³/mol. The van der Waals surface area contributed by atoms with E-state index >= 15 is 0 Å². The fourth-order valence-corrected chi connectivity index (χ4v) is 1.50. The van der Waals surface area contributed by atoms with Gasteiger partial charge in [-0.3, -0.25) is 4.68 Å². The topological polar surface area (TPSA) is 50.8 Å². The summed E-state index contributed by atoms with van der Waals surface area (Å²) in [7, 11) is 0. The fourth-order valence-electron chi connectivity index (χ4n) is 1.50. The standard InChI is InChI=1S/C13H13N3O/c1-3-16-9-12(8-15-16)17-13-6-10(2)4-5-11(13)7-14/h4-6,8-9H,3H2,1-2H3. The monoisotopic (exact) mass is 227 g/mol. The van der Waals surface area contributed by atoms with Gasteiger partial charge in [-0.25, -0.2) is 0 Å². The van der Waals surface area contributed by atoms with E-state index < -0.39 is 0 Å². The number of hydrogen-bond donors (Lipinski definition) is 0. The molecular formula is C13H13N3O. The Morgan fingerprint density at radius 2 is 2.29 bits per heavy atom. The average molecular weight is 227 g/mol. The summed E-state index contributed by atoms with van der Waals surface area (Å²) in [5.41, 5.74) is 1.58. The zero-order valence-electron chi connectivity index (χ0n) is 9.84. The molecule has 4 heteroatoms. The smallest absolute Gasteiger partial charge is 0.165 e. The van der Waals surface area contributed by atoms with Gasteiger partial charge in [-0.1, -0.05) is 6.07 Å². The molecule has 0 atom stereocenters. The lowest BCUT2D eigenvalue weighted by Crippen LogP contribution is -1.92. The molecule has 2 rings (SSSR count). The summed E-state index contributed by atoms with van der Waals surface area (Å²) in [5.74, 6) is 1.22. The van der Waals surface area contributed by atoms with Crippen molar-refractivity contribution in [1.29, 1.82) is 5.26 Å². The minimum absolute atomic E-state index is 0.528. The minimum Gasteiger partial charge on any atom is -0.453 e. The maximum absolute atomic E-state index is 8.99. The SMILES string of the molecule is CCn1cc(Oc2cc(C)ccc2C#N)cn1. The van der Waals surface area contributed by atoms with Crippen LogP contribution < -0.4 is 4.74 Å². The van der Waals surface area contributed by atoms with Crippen LogP contribution in [0, 0.1) is 18.3 Å². The molecular weight excluding hydrogens is 214 g/mol. The van der Waals surface area contributed by atoms with E-state index in [4.69, 9.17) is 10.00 Å². The number of aromatic nitrogens is 2. The zero-order valence-corrected chi connectivity index (χ0v) is 9.84. The number of nitriles is 1. The number of nitrogens with zero attached hydrogens (tertiary/aromatic N) is 3. The molecule has 0 N–H and O–H groups in total. The first-order valence-corrected chi connectivity index (χ1v) is 5.44. The van der Waals surface area contributed by atoms with Gasteiger partial charge in [-0.2, -0.15) is 10.4 Å². The summed E-state index contributed by atoms with van der Waals surface area (Å²) < 4.78 is 7.43. The molecule has 17 heavy (non-hydrogen) atoms. The van der Waals surface area contributed by atoms with Crippen LogP contribution in [0.25, 0.3) is 0 Å². The molecule has 0 fully saturated rings. The van der Waals surface area contributed by atoms with E-state index in [1.165, 1.54) is 0 Å². The minimum atomic E-state index is 0.528. The lowest BCUT2D eigenvalue weighted by atomic mass is 10.1. The van der Waals surface area contributed by atoms with Gasteiger partial charge in [0.1, 0.15) is 11.8 Å². The van der Waals surface area contributed by atoms with E-state index in [9.17, 15) is 0 Å². The number of hydrogen-bond acceptors (Lipinski definition) is 3. The van der Waals surface area contributed by atoms with Crippen LogP contribution in [0.3, 0.4) is 0 Å². The Bertz CT molecular complexity index is 566. The van der Waals surface area contributed by atoms with Gasteiger partial charge in [0.15, 0.2) is 5.75 Å². The Labute approximate surface area is 100 Å². The van der Waals surface area contributed by atoms with Crippen LogP contribution in [0.15, 0.2) is 30.6 Å². The molecule has 86 valence electrons. The maximum Gasteiger partial charge on any atom is 0.165 e. The van der Waals surface area contributed by atoms with Crippen LogP contribution in [0.5, 0.6) is 11.5 Å². The van der Waals surface area contributed by atoms with E-state index in [1.54, 1.807) is 16.9 Å². The van der Waals surface area contributed by atoms with Crippen molar-refractivity contribution in [3.8, 4) is 17.6 Å². The van der Waals surface area contributed by atoms with Gasteiger partial charge >= 0.3 is 0 Å². The highest BCUT2D eigenvalue weighted by atomic mass is 16.5. The molecule has 0 bridgehead atoms. The van der Waals surface area contributed by atoms with Crippen LogP contribution in [0.1, 0.15) is 18.1 Å². The molecule has 2 aromatic rings. The van der Waals surface area contributed by atoms with Crippen molar-refractivity contribution < 1.29 is 4.74 Å². The highest BCUT2D eigenvalue weighted by molar-refractivity contribution is 5.46. The fraction of sp³-hybridized carbons (Fsp3) is 0.231. The van der Waals surface area contributed by atoms with Crippen molar-refractivity contribution in [3.63, 3.8) is 0 Å². The number of ether oxygens (including phenoxy) is 1. The van der Waals surface area contributed by atoms with Gasteiger partial charge in [0.2, 0.25) is 0 Å². The largest absolute Gasteiger partial charge is 0.453 e. The summed E-state index contributed by atoms with van der Waals surface area (Å²) in [6, 6.07) is 7.61. The highest BCUT2D eigenvalue weighted by Crippen LogP contribution is 2.25. The summed E-state index contributed by atoms with van der Waals surface area (Å²) in [6.45, 7) is 4.76. The van der Waals surface area contributed by atoms with Crippen LogP contribution in [0.2, 0.25) is 0 Å². The second-order valence-corrected chi connectivity index (χ2v) is 3.75. The molecule has 0 aliphatic rings. The van der Waals surface area contributed by atoms with Crippen molar-refractivity contribution in [2.45, 2.75) is 20.4 Å². The van der Waals surface area contributed by atoms with Crippen LogP contribution in [-0.2, 0) is 6.54 Å². The van der Waals surface area contributed by atoms with E-state index in [-0.39, 0.29) is 0 Å². The molecule has 0 aliphatic heterocycles. The van der Waals surface area contributed by atoms with Crippen molar-refractivity contribution in [1.82, 2.24) is 9.78 Å². The van der Waals surface area contributed by atoms with Crippen molar-refractivity contribution in [2.75, 3.05) is 0 Å². The van der Waals surface area contributed by atoms with Crippen molar-refractivity contribution >= 4 is 0 Å². The first-order chi connectivity index (χ1) is 8.22. The average Bonchev–Trinajstić information content (AvgIpc) is 2.77. The second kappa shape index (κ2) is 4.71. The second-order valence-electron chi connectivity index (χ2n) is 3.75. The summed E-state index contributed by atoms with van der Waals surface area (Å²) in [6.07, 6.45) is 3.45. The molecule has 4 nitrogen and oxygen atoms in total. The van der Waals surface area contributed by atoms with Crippen LogP contribution in [0.4, 0.5) is 0 Å². The Balaban J connectivity index is 2.29. The van der Waals surface area contributed by atoms with Gasteiger partial charge in [0.25, 0.3) is 0 Å². The summed E-state index contributed by atoms with van der Waals surface area (Å²) in [4.78, 5) is 0. The van der Waals surface area contributed by atoms with Gasteiger partial charge in [-0.15, -0.1) is 0 Å². The number of rotatable bonds is 3. The number of benzene rings is 1. The molecule has 0 saturated heterocycles. The van der Waals surface area contributed by atoms with Crippen molar-refractivity contribution in [3.05, 3.63) is 41.7 Å². The number of aryl methyl sites for hydroxylation is 2. The Hall–Kier alpha value is -2.28. The van der Waals surface area contributed by atoms with Gasteiger partial charge in [0, 0.05) is 6.54 Å². The zero-order chi connectivity index (χ0) is 12.3. The Kier molecular flexibility index (Phi) is 3.10. The van der Waals surface area contributed by atoms with E-state index in [0.717, 1.165) is 12.1 Å². The molecule has 0 aliphatic carbocycles. The van der Waals surface area contributed by atoms with Gasteiger partial charge in [-0.05, 0) is 31.5 Å². The predicted octanol–water partition coefficient (Wildman–Crippen LogP) is 2.88. The molecule has 1 aromatic heterocycles. The molecule has 0 amide bonds. The maximum atomic E-state index is 8.99. The van der Waals surface area contributed by atoms with Crippen molar-refractivity contribution in [2.24, 2.45) is 0 Å². The van der Waals surface area contributed by atoms with Crippen LogP contribution in [-0.4, -0.2) is 9.78 Å². The molecule has 0 saturated carbocycles. The summed E-state index contributed by atoms with van der Waals surface area (Å²) in [5, 5.41) is 13.1. The third-order valence-electron chi connectivity index (χ3n) is 2.42. The van der Waals surface area contributed by atoms with E-state index in [1.807, 2.05) is 32.2 Å². The third kappa shape index (κ3) is 2.45. The van der Waals surface area contributed by atoms with Gasteiger partial charge < -0.3 is 4.74 Å². The lowest BCUT2D eigenvalue weighted by Gasteiger charge is -2.05. The molecule has 0 spiro atoms. The Morgan fingerprint density at radius 3 is 2.94 bits per heavy atom. The quantitative estimate of drug-likeness (QED) is 0.810. The highest BCUT2D eigenvalue weighted by Gasteiger charge is 2.06. The first-order valence-electron chi connectivity index (χ1n) is 5.44. The molecule has 0 radical (unpaired) electrons. The third-order valence-corrected chi connectivity index (χ3v) is 2.42. The van der Waals surface area contributed by atoms with E-state index in [2.05, 4.69) is 11.2 Å². The normalized spacial score (nSPS) is 9.94. The molecule has 1 heterocycles. The summed E-state index contributed by atoms with van der Waals surface area (Å²) >= 11 is 0. The van der Waals surface area contributed by atoms with Gasteiger partial charge in [0.05, 0.1) is 18.0 Å².